The Kier molecular flexibility index (Phi) is 12.2. The summed E-state index contributed by atoms with van der Waals surface area (Å²) in [7, 11) is 0. The molecule has 1 aliphatic carbocycles. The predicted octanol–water partition coefficient (Wildman–Crippen LogP) is 9.23. The van der Waals surface area contributed by atoms with Crippen molar-refractivity contribution in [1.29, 1.82) is 0 Å². The molecule has 0 aliphatic heterocycles. The van der Waals surface area contributed by atoms with Crippen LogP contribution in [0, 0.1) is 10.1 Å². The summed E-state index contributed by atoms with van der Waals surface area (Å²) in [6.07, 6.45) is 19.0. The van der Waals surface area contributed by atoms with Crippen molar-refractivity contribution in [2.45, 2.75) is 76.9 Å². The average molecular weight is 531 g/mol. The molecular formula is C34H43FN2O2. The van der Waals surface area contributed by atoms with E-state index in [2.05, 4.69) is 30.9 Å². The molecule has 2 unspecified atom stereocenters. The molecule has 0 radical (unpaired) electrons. The van der Waals surface area contributed by atoms with Crippen molar-refractivity contribution in [2.24, 2.45) is 0 Å². The van der Waals surface area contributed by atoms with Gasteiger partial charge in [-0.05, 0) is 47.8 Å². The zero-order valence-electron chi connectivity index (χ0n) is 23.5. The first kappa shape index (κ1) is 30.1. The van der Waals surface area contributed by atoms with Gasteiger partial charge < -0.3 is 4.90 Å². The minimum atomic E-state index is -1.92. The molecule has 2 atom stereocenters. The van der Waals surface area contributed by atoms with Crippen molar-refractivity contribution in [3.63, 3.8) is 0 Å². The molecule has 0 saturated heterocycles. The zero-order valence-corrected chi connectivity index (χ0v) is 23.5. The summed E-state index contributed by atoms with van der Waals surface area (Å²) in [4.78, 5) is 14.0. The first-order chi connectivity index (χ1) is 19.0. The summed E-state index contributed by atoms with van der Waals surface area (Å²) in [6.45, 7) is 6.52. The first-order valence-electron chi connectivity index (χ1n) is 14.5. The Morgan fingerprint density at radius 2 is 1.46 bits per heavy atom. The molecule has 39 heavy (non-hydrogen) atoms. The van der Waals surface area contributed by atoms with E-state index in [1.54, 1.807) is 18.2 Å². The summed E-state index contributed by atoms with van der Waals surface area (Å²) in [5.74, 6) is 0. The van der Waals surface area contributed by atoms with Gasteiger partial charge in [-0.1, -0.05) is 119 Å². The van der Waals surface area contributed by atoms with Crippen molar-refractivity contribution in [3.05, 3.63) is 112 Å². The Morgan fingerprint density at radius 3 is 2.03 bits per heavy atom. The van der Waals surface area contributed by atoms with E-state index >= 15 is 4.39 Å². The van der Waals surface area contributed by atoms with Gasteiger partial charge in [0, 0.05) is 35.9 Å². The topological polar surface area (TPSA) is 46.4 Å². The molecule has 0 bridgehead atoms. The number of nitro groups is 1. The smallest absolute Gasteiger partial charge is 0.293 e. The van der Waals surface area contributed by atoms with Crippen LogP contribution in [0.15, 0.2) is 90.6 Å². The molecule has 0 saturated carbocycles. The predicted molar refractivity (Wildman–Crippen MR) is 163 cm³/mol. The van der Waals surface area contributed by atoms with Gasteiger partial charge in [0.05, 0.1) is 0 Å². The molecule has 0 N–H and O–H groups in total. The van der Waals surface area contributed by atoms with Crippen LogP contribution >= 0.6 is 0 Å². The third-order valence-electron chi connectivity index (χ3n) is 7.27. The highest BCUT2D eigenvalue weighted by Gasteiger charge is 2.47. The van der Waals surface area contributed by atoms with Crippen LogP contribution < -0.4 is 4.90 Å². The third-order valence-corrected chi connectivity index (χ3v) is 7.27. The van der Waals surface area contributed by atoms with E-state index in [1.807, 2.05) is 48.5 Å². The van der Waals surface area contributed by atoms with Crippen LogP contribution in [0.25, 0.3) is 12.2 Å². The molecule has 2 aromatic carbocycles. The van der Waals surface area contributed by atoms with Crippen LogP contribution in [-0.4, -0.2) is 29.7 Å². The monoisotopic (exact) mass is 530 g/mol. The number of rotatable bonds is 16. The molecule has 0 heterocycles. The number of hydrogen-bond donors (Lipinski definition) is 0. The SMILES string of the molecule is CCCCCCN(CCCCCC)c1ccc(C=CC2([N+](=O)[O-])C=CC(C=Cc3ccccc3)=CC2F)cc1. The molecule has 0 amide bonds. The van der Waals surface area contributed by atoms with Crippen molar-refractivity contribution in [2.75, 3.05) is 18.0 Å². The molecule has 0 aromatic heterocycles. The minimum absolute atomic E-state index is 0.540. The van der Waals surface area contributed by atoms with Crippen LogP contribution in [0.4, 0.5) is 10.1 Å². The van der Waals surface area contributed by atoms with E-state index in [9.17, 15) is 10.1 Å². The Balaban J connectivity index is 1.69. The summed E-state index contributed by atoms with van der Waals surface area (Å²) in [5, 5.41) is 12.0. The van der Waals surface area contributed by atoms with E-state index in [-0.39, 0.29) is 0 Å². The van der Waals surface area contributed by atoms with Gasteiger partial charge in [0.15, 0.2) is 6.17 Å². The quantitative estimate of drug-likeness (QED) is 0.123. The van der Waals surface area contributed by atoms with Gasteiger partial charge in [0.2, 0.25) is 0 Å². The van der Waals surface area contributed by atoms with Gasteiger partial charge in [-0.15, -0.1) is 0 Å². The lowest BCUT2D eigenvalue weighted by Crippen LogP contribution is -2.44. The molecule has 2 aromatic rings. The molecule has 208 valence electrons. The third kappa shape index (κ3) is 9.05. The standard InChI is InChI=1S/C34H43FN2O2/c1-3-5-7-12-26-36(27-13-8-6-4-2)32-20-18-30(19-21-32)22-24-34(37(38)39)25-23-31(28-33(34)35)17-16-29-14-10-9-11-15-29/h9-11,14-25,28,33H,3-8,12-13,26-27H2,1-2H3. The second-order valence-corrected chi connectivity index (χ2v) is 10.3. The van der Waals surface area contributed by atoms with Crippen LogP contribution in [0.2, 0.25) is 0 Å². The fraction of sp³-hybridized carbons (Fsp3) is 0.412. The van der Waals surface area contributed by atoms with Gasteiger partial charge >= 0.3 is 0 Å². The number of allylic oxidation sites excluding steroid dienone is 3. The molecule has 5 heteroatoms. The number of halogens is 1. The summed E-state index contributed by atoms with van der Waals surface area (Å²) in [6, 6.07) is 17.8. The number of anilines is 1. The maximum atomic E-state index is 15.3. The number of hydrogen-bond acceptors (Lipinski definition) is 3. The van der Waals surface area contributed by atoms with Crippen LogP contribution in [0.3, 0.4) is 0 Å². The Morgan fingerprint density at radius 1 is 0.846 bits per heavy atom. The molecule has 3 rings (SSSR count). The molecule has 0 spiro atoms. The van der Waals surface area contributed by atoms with Crippen LogP contribution in [-0.2, 0) is 0 Å². The fourth-order valence-electron chi connectivity index (χ4n) is 4.77. The Bertz CT molecular complexity index is 1130. The summed E-state index contributed by atoms with van der Waals surface area (Å²) < 4.78 is 15.3. The van der Waals surface area contributed by atoms with Gasteiger partial charge in [-0.25, -0.2) is 4.39 Å². The van der Waals surface area contributed by atoms with E-state index in [1.165, 1.54) is 75.3 Å². The van der Waals surface area contributed by atoms with E-state index in [0.717, 1.165) is 24.2 Å². The van der Waals surface area contributed by atoms with Gasteiger partial charge in [0.1, 0.15) is 0 Å². The molecule has 0 fully saturated rings. The molecular weight excluding hydrogens is 487 g/mol. The highest BCUT2D eigenvalue weighted by molar-refractivity contribution is 5.59. The highest BCUT2D eigenvalue weighted by Crippen LogP contribution is 2.31. The van der Waals surface area contributed by atoms with Crippen molar-refractivity contribution in [3.8, 4) is 0 Å². The molecule has 4 nitrogen and oxygen atoms in total. The Labute approximate surface area is 233 Å². The molecule has 1 aliphatic rings. The number of unbranched alkanes of at least 4 members (excludes halogenated alkanes) is 6. The van der Waals surface area contributed by atoms with Crippen LogP contribution in [0.5, 0.6) is 0 Å². The van der Waals surface area contributed by atoms with Gasteiger partial charge in [-0.2, -0.15) is 0 Å². The summed E-state index contributed by atoms with van der Waals surface area (Å²) >= 11 is 0. The maximum Gasteiger partial charge on any atom is 0.293 e. The van der Waals surface area contributed by atoms with E-state index in [0.29, 0.717) is 5.57 Å². The lowest BCUT2D eigenvalue weighted by Gasteiger charge is -2.25. The average Bonchev–Trinajstić information content (AvgIpc) is 2.95. The number of nitrogens with zero attached hydrogens (tertiary/aromatic N) is 2. The number of alkyl halides is 1. The Hall–Kier alpha value is -3.47. The minimum Gasteiger partial charge on any atom is -0.372 e. The van der Waals surface area contributed by atoms with Crippen molar-refractivity contribution >= 4 is 17.8 Å². The van der Waals surface area contributed by atoms with Crippen LogP contribution in [0.1, 0.15) is 76.3 Å². The highest BCUT2D eigenvalue weighted by atomic mass is 19.1. The lowest BCUT2D eigenvalue weighted by molar-refractivity contribution is -0.547. The maximum absolute atomic E-state index is 15.3. The van der Waals surface area contributed by atoms with E-state index in [4.69, 9.17) is 0 Å². The van der Waals surface area contributed by atoms with Crippen molar-refractivity contribution in [1.82, 2.24) is 0 Å². The normalized spacial score (nSPS) is 19.1. The zero-order chi connectivity index (χ0) is 27.9. The second kappa shape index (κ2) is 15.8. The summed E-state index contributed by atoms with van der Waals surface area (Å²) in [5.41, 5.74) is 1.66. The lowest BCUT2D eigenvalue weighted by atomic mass is 9.86. The van der Waals surface area contributed by atoms with Crippen molar-refractivity contribution < 1.29 is 9.31 Å². The number of benzene rings is 2. The van der Waals surface area contributed by atoms with Gasteiger partial charge in [-0.3, -0.25) is 10.1 Å². The fourth-order valence-corrected chi connectivity index (χ4v) is 4.77. The van der Waals surface area contributed by atoms with Gasteiger partial charge in [0.25, 0.3) is 5.54 Å². The second-order valence-electron chi connectivity index (χ2n) is 10.3. The first-order valence-corrected chi connectivity index (χ1v) is 14.5. The largest absolute Gasteiger partial charge is 0.372 e. The van der Waals surface area contributed by atoms with E-state index < -0.39 is 16.6 Å².